The van der Waals surface area contributed by atoms with E-state index in [0.29, 0.717) is 16.6 Å². The standard InChI is InChI=1S/C12H14Br2N2O2/c1-3-16(2)11(17)7-15-12(18)9-5-4-8(13)6-10(9)14/h4-6H,3,7H2,1-2H3,(H,15,18). The van der Waals surface area contributed by atoms with E-state index in [9.17, 15) is 9.59 Å². The zero-order valence-electron chi connectivity index (χ0n) is 10.2. The molecule has 0 bridgehead atoms. The van der Waals surface area contributed by atoms with E-state index in [2.05, 4.69) is 37.2 Å². The average Bonchev–Trinajstić information content (AvgIpc) is 2.34. The molecule has 4 nitrogen and oxygen atoms in total. The second-order valence-electron chi connectivity index (χ2n) is 3.71. The predicted octanol–water partition coefficient (Wildman–Crippen LogP) is 2.42. The molecule has 0 aromatic heterocycles. The molecule has 0 atom stereocenters. The van der Waals surface area contributed by atoms with Gasteiger partial charge >= 0.3 is 0 Å². The van der Waals surface area contributed by atoms with Crippen LogP contribution in [0.15, 0.2) is 27.1 Å². The van der Waals surface area contributed by atoms with Crippen LogP contribution in [-0.4, -0.2) is 36.9 Å². The summed E-state index contributed by atoms with van der Waals surface area (Å²) >= 11 is 6.62. The van der Waals surface area contributed by atoms with Gasteiger partial charge in [0.15, 0.2) is 0 Å². The average molecular weight is 378 g/mol. The van der Waals surface area contributed by atoms with Crippen LogP contribution in [0.5, 0.6) is 0 Å². The summed E-state index contributed by atoms with van der Waals surface area (Å²) in [6.07, 6.45) is 0. The van der Waals surface area contributed by atoms with Crippen LogP contribution in [0.25, 0.3) is 0 Å². The number of carbonyl (C=O) groups is 2. The number of benzene rings is 1. The molecule has 18 heavy (non-hydrogen) atoms. The van der Waals surface area contributed by atoms with Crippen molar-refractivity contribution in [3.63, 3.8) is 0 Å². The third kappa shape index (κ3) is 4.10. The normalized spacial score (nSPS) is 10.0. The summed E-state index contributed by atoms with van der Waals surface area (Å²) in [5.41, 5.74) is 0.505. The minimum absolute atomic E-state index is 0.00563. The van der Waals surface area contributed by atoms with E-state index in [-0.39, 0.29) is 18.4 Å². The number of nitrogens with zero attached hydrogens (tertiary/aromatic N) is 1. The Hall–Kier alpha value is -0.880. The van der Waals surface area contributed by atoms with E-state index in [1.54, 1.807) is 30.1 Å². The van der Waals surface area contributed by atoms with Crippen LogP contribution in [0.3, 0.4) is 0 Å². The molecule has 0 fully saturated rings. The molecule has 1 rings (SSSR count). The molecule has 2 amide bonds. The van der Waals surface area contributed by atoms with E-state index in [0.717, 1.165) is 4.47 Å². The smallest absolute Gasteiger partial charge is 0.252 e. The molecule has 0 aliphatic carbocycles. The maximum atomic E-state index is 11.9. The molecule has 0 saturated heterocycles. The third-order valence-corrected chi connectivity index (χ3v) is 3.63. The lowest BCUT2D eigenvalue weighted by Crippen LogP contribution is -2.38. The highest BCUT2D eigenvalue weighted by Gasteiger charge is 2.12. The Morgan fingerprint density at radius 1 is 1.33 bits per heavy atom. The first-order valence-corrected chi connectivity index (χ1v) is 7.01. The summed E-state index contributed by atoms with van der Waals surface area (Å²) < 4.78 is 1.57. The van der Waals surface area contributed by atoms with Crippen LogP contribution in [0.1, 0.15) is 17.3 Å². The third-order valence-electron chi connectivity index (χ3n) is 2.48. The molecule has 1 aromatic carbocycles. The SMILES string of the molecule is CCN(C)C(=O)CNC(=O)c1ccc(Br)cc1Br. The summed E-state index contributed by atoms with van der Waals surface area (Å²) in [4.78, 5) is 25.0. The van der Waals surface area contributed by atoms with Crippen LogP contribution in [-0.2, 0) is 4.79 Å². The maximum Gasteiger partial charge on any atom is 0.252 e. The first kappa shape index (κ1) is 15.2. The molecular formula is C12H14Br2N2O2. The highest BCUT2D eigenvalue weighted by molar-refractivity contribution is 9.11. The van der Waals surface area contributed by atoms with Gasteiger partial charge in [-0.2, -0.15) is 0 Å². The summed E-state index contributed by atoms with van der Waals surface area (Å²) in [5.74, 6) is -0.383. The molecule has 0 aliphatic rings. The number of hydrogen-bond acceptors (Lipinski definition) is 2. The Kier molecular flexibility index (Phi) is 5.81. The van der Waals surface area contributed by atoms with Gasteiger partial charge in [0, 0.05) is 22.5 Å². The Balaban J connectivity index is 2.63. The lowest BCUT2D eigenvalue weighted by molar-refractivity contribution is -0.128. The van der Waals surface area contributed by atoms with Crippen molar-refractivity contribution >= 4 is 43.7 Å². The molecule has 0 radical (unpaired) electrons. The zero-order chi connectivity index (χ0) is 13.7. The van der Waals surface area contributed by atoms with E-state index in [1.807, 2.05) is 6.92 Å². The largest absolute Gasteiger partial charge is 0.345 e. The first-order chi connectivity index (χ1) is 8.45. The quantitative estimate of drug-likeness (QED) is 0.875. The molecule has 98 valence electrons. The van der Waals surface area contributed by atoms with Crippen molar-refractivity contribution in [3.05, 3.63) is 32.7 Å². The van der Waals surface area contributed by atoms with Gasteiger partial charge in [0.05, 0.1) is 12.1 Å². The molecular weight excluding hydrogens is 364 g/mol. The number of halogens is 2. The van der Waals surface area contributed by atoms with Crippen molar-refractivity contribution in [1.29, 1.82) is 0 Å². The summed E-state index contributed by atoms with van der Waals surface area (Å²) in [5, 5.41) is 2.60. The fourth-order valence-corrected chi connectivity index (χ4v) is 2.46. The highest BCUT2D eigenvalue weighted by atomic mass is 79.9. The van der Waals surface area contributed by atoms with Gasteiger partial charge in [-0.05, 0) is 41.1 Å². The number of nitrogens with one attached hydrogen (secondary N) is 1. The Labute approximate surface area is 123 Å². The number of amides is 2. The molecule has 0 saturated carbocycles. The van der Waals surface area contributed by atoms with Crippen molar-refractivity contribution in [3.8, 4) is 0 Å². The number of likely N-dealkylation sites (N-methyl/N-ethyl adjacent to an activating group) is 1. The van der Waals surface area contributed by atoms with E-state index in [1.165, 1.54) is 0 Å². The van der Waals surface area contributed by atoms with Gasteiger partial charge in [0.2, 0.25) is 5.91 Å². The first-order valence-electron chi connectivity index (χ1n) is 5.43. The van der Waals surface area contributed by atoms with Gasteiger partial charge in [-0.1, -0.05) is 15.9 Å². The second-order valence-corrected chi connectivity index (χ2v) is 5.48. The second kappa shape index (κ2) is 6.89. The number of rotatable bonds is 4. The van der Waals surface area contributed by atoms with Crippen LogP contribution < -0.4 is 5.32 Å². The monoisotopic (exact) mass is 376 g/mol. The summed E-state index contributed by atoms with van der Waals surface area (Å²) in [6, 6.07) is 5.26. The van der Waals surface area contributed by atoms with E-state index in [4.69, 9.17) is 0 Å². The molecule has 0 unspecified atom stereocenters. The van der Waals surface area contributed by atoms with Crippen molar-refractivity contribution < 1.29 is 9.59 Å². The maximum absolute atomic E-state index is 11.9. The van der Waals surface area contributed by atoms with Gasteiger partial charge in [0.1, 0.15) is 0 Å². The molecule has 0 aliphatic heterocycles. The van der Waals surface area contributed by atoms with Crippen LogP contribution in [0, 0.1) is 0 Å². The van der Waals surface area contributed by atoms with Gasteiger partial charge in [0.25, 0.3) is 5.91 Å². The summed E-state index contributed by atoms with van der Waals surface area (Å²) in [7, 11) is 1.70. The Morgan fingerprint density at radius 3 is 2.56 bits per heavy atom. The number of hydrogen-bond donors (Lipinski definition) is 1. The van der Waals surface area contributed by atoms with Gasteiger partial charge < -0.3 is 10.2 Å². The molecule has 1 aromatic rings. The van der Waals surface area contributed by atoms with Crippen molar-refractivity contribution in [2.24, 2.45) is 0 Å². The lowest BCUT2D eigenvalue weighted by Gasteiger charge is -2.15. The van der Waals surface area contributed by atoms with Crippen molar-refractivity contribution in [2.75, 3.05) is 20.1 Å². The van der Waals surface area contributed by atoms with Crippen molar-refractivity contribution in [1.82, 2.24) is 10.2 Å². The van der Waals surface area contributed by atoms with Gasteiger partial charge in [-0.3, -0.25) is 9.59 Å². The molecule has 1 N–H and O–H groups in total. The minimum Gasteiger partial charge on any atom is -0.345 e. The highest BCUT2D eigenvalue weighted by Crippen LogP contribution is 2.21. The minimum atomic E-state index is -0.271. The van der Waals surface area contributed by atoms with Crippen LogP contribution >= 0.6 is 31.9 Å². The Bertz CT molecular complexity index is 463. The van der Waals surface area contributed by atoms with E-state index < -0.39 is 0 Å². The van der Waals surface area contributed by atoms with Gasteiger partial charge in [-0.25, -0.2) is 0 Å². The lowest BCUT2D eigenvalue weighted by atomic mass is 10.2. The van der Waals surface area contributed by atoms with Crippen molar-refractivity contribution in [2.45, 2.75) is 6.92 Å². The molecule has 0 heterocycles. The fraction of sp³-hybridized carbons (Fsp3) is 0.333. The van der Waals surface area contributed by atoms with Crippen LogP contribution in [0.4, 0.5) is 0 Å². The molecule has 0 spiro atoms. The zero-order valence-corrected chi connectivity index (χ0v) is 13.3. The topological polar surface area (TPSA) is 49.4 Å². The predicted molar refractivity (Wildman–Crippen MR) is 77.5 cm³/mol. The van der Waals surface area contributed by atoms with Crippen LogP contribution in [0.2, 0.25) is 0 Å². The Morgan fingerprint density at radius 2 is 2.00 bits per heavy atom. The fourth-order valence-electron chi connectivity index (χ4n) is 1.24. The molecule has 6 heteroatoms. The summed E-state index contributed by atoms with van der Waals surface area (Å²) in [6.45, 7) is 2.51. The van der Waals surface area contributed by atoms with E-state index >= 15 is 0 Å². The number of carbonyl (C=O) groups excluding carboxylic acids is 2. The van der Waals surface area contributed by atoms with Gasteiger partial charge in [-0.15, -0.1) is 0 Å².